The first-order valence-electron chi connectivity index (χ1n) is 9.60. The van der Waals surface area contributed by atoms with Gasteiger partial charge in [0.1, 0.15) is 18.5 Å². The number of alkyl halides is 3. The molecule has 3 aliphatic carbocycles. The highest BCUT2D eigenvalue weighted by Crippen LogP contribution is 2.70. The van der Waals surface area contributed by atoms with Gasteiger partial charge < -0.3 is 4.89 Å². The summed E-state index contributed by atoms with van der Waals surface area (Å²) in [7, 11) is -3.79. The molecule has 0 radical (unpaired) electrons. The minimum atomic E-state index is -3.79. The Morgan fingerprint density at radius 2 is 1.46 bits per heavy atom. The third-order valence-electron chi connectivity index (χ3n) is 6.79. The zero-order valence-corrected chi connectivity index (χ0v) is 15.2. The van der Waals surface area contributed by atoms with Crippen molar-refractivity contribution >= 4 is 7.37 Å². The quantitative estimate of drug-likeness (QED) is 0.649. The number of halogens is 3. The Labute approximate surface area is 143 Å². The van der Waals surface area contributed by atoms with E-state index in [9.17, 15) is 22.6 Å². The van der Waals surface area contributed by atoms with E-state index in [1.807, 2.05) is 0 Å². The van der Waals surface area contributed by atoms with Gasteiger partial charge >= 0.3 is 0 Å². The van der Waals surface area contributed by atoms with Gasteiger partial charge in [0, 0.05) is 5.66 Å². The fourth-order valence-corrected chi connectivity index (χ4v) is 9.02. The number of hydrogen-bond donors (Lipinski definition) is 1. The van der Waals surface area contributed by atoms with Crippen molar-refractivity contribution < 1.29 is 22.6 Å². The van der Waals surface area contributed by atoms with Crippen LogP contribution in [0.15, 0.2) is 0 Å². The summed E-state index contributed by atoms with van der Waals surface area (Å²) >= 11 is 0. The number of hydrogen-bond acceptors (Lipinski definition) is 1. The summed E-state index contributed by atoms with van der Waals surface area (Å²) in [6, 6.07) is 0. The normalized spacial score (nSPS) is 47.1. The van der Waals surface area contributed by atoms with Crippen LogP contribution in [0.2, 0.25) is 0 Å². The van der Waals surface area contributed by atoms with Crippen LogP contribution < -0.4 is 0 Å². The molecule has 0 spiro atoms. The van der Waals surface area contributed by atoms with Crippen LogP contribution in [-0.2, 0) is 4.57 Å². The Morgan fingerprint density at radius 3 is 2.08 bits per heavy atom. The van der Waals surface area contributed by atoms with Crippen molar-refractivity contribution in [3.63, 3.8) is 0 Å². The summed E-state index contributed by atoms with van der Waals surface area (Å²) in [6.07, 6.45) is 2.33. The predicted octanol–water partition coefficient (Wildman–Crippen LogP) is 5.72. The molecule has 0 bridgehead atoms. The van der Waals surface area contributed by atoms with E-state index in [0.717, 1.165) is 0 Å². The van der Waals surface area contributed by atoms with Gasteiger partial charge in [0.2, 0.25) is 7.37 Å². The maximum absolute atomic E-state index is 14.3. The molecule has 0 heterocycles. The maximum atomic E-state index is 14.3. The van der Waals surface area contributed by atoms with Crippen LogP contribution in [0.1, 0.15) is 77.0 Å². The van der Waals surface area contributed by atoms with Gasteiger partial charge in [-0.1, -0.05) is 6.42 Å². The van der Waals surface area contributed by atoms with E-state index in [1.54, 1.807) is 0 Å². The fraction of sp³-hybridized carbons (Fsp3) is 1.00. The largest absolute Gasteiger partial charge is 0.344 e. The van der Waals surface area contributed by atoms with Crippen molar-refractivity contribution in [3.8, 4) is 0 Å². The summed E-state index contributed by atoms with van der Waals surface area (Å²) in [5.41, 5.74) is -0.577. The molecule has 140 valence electrons. The van der Waals surface area contributed by atoms with Crippen LogP contribution >= 0.6 is 7.37 Å². The molecule has 1 N–H and O–H groups in total. The highest BCUT2D eigenvalue weighted by molar-refractivity contribution is 7.60. The average Bonchev–Trinajstić information content (AvgIpc) is 2.54. The van der Waals surface area contributed by atoms with Gasteiger partial charge in [-0.05, 0) is 76.5 Å². The van der Waals surface area contributed by atoms with E-state index in [4.69, 9.17) is 0 Å². The van der Waals surface area contributed by atoms with Crippen molar-refractivity contribution in [2.24, 2.45) is 5.92 Å². The van der Waals surface area contributed by atoms with Gasteiger partial charge in [-0.25, -0.2) is 13.2 Å². The van der Waals surface area contributed by atoms with Crippen molar-refractivity contribution in [1.82, 2.24) is 0 Å². The molecule has 0 aromatic rings. The molecule has 7 unspecified atom stereocenters. The first-order chi connectivity index (χ1) is 11.3. The molecular formula is C18H30F3O2P. The third-order valence-corrected chi connectivity index (χ3v) is 10.3. The predicted molar refractivity (Wildman–Crippen MR) is 89.9 cm³/mol. The average molecular weight is 366 g/mol. The van der Waals surface area contributed by atoms with E-state index in [-0.39, 0.29) is 25.2 Å². The van der Waals surface area contributed by atoms with Crippen LogP contribution in [0.5, 0.6) is 0 Å². The van der Waals surface area contributed by atoms with Gasteiger partial charge in [0.25, 0.3) is 0 Å². The van der Waals surface area contributed by atoms with E-state index in [2.05, 4.69) is 0 Å². The fourth-order valence-electron chi connectivity index (χ4n) is 5.55. The molecule has 24 heavy (non-hydrogen) atoms. The Hall–Kier alpha value is -0.0200. The van der Waals surface area contributed by atoms with E-state index < -0.39 is 36.7 Å². The lowest BCUT2D eigenvalue weighted by atomic mass is 9.71. The minimum Gasteiger partial charge on any atom is -0.344 e. The van der Waals surface area contributed by atoms with Crippen LogP contribution in [-0.4, -0.2) is 34.2 Å². The van der Waals surface area contributed by atoms with Gasteiger partial charge in [0.15, 0.2) is 0 Å². The summed E-state index contributed by atoms with van der Waals surface area (Å²) in [4.78, 5) is 11.2. The SMILES string of the molecule is O=P(O)(C1CCCC(F)C1)C1(C2CCCC(F)C2)CCCC(F)C1. The van der Waals surface area contributed by atoms with Crippen molar-refractivity contribution in [2.45, 2.75) is 106 Å². The number of rotatable bonds is 3. The summed E-state index contributed by atoms with van der Waals surface area (Å²) < 4.78 is 55.8. The van der Waals surface area contributed by atoms with E-state index in [1.165, 1.54) is 0 Å². The topological polar surface area (TPSA) is 37.3 Å². The van der Waals surface area contributed by atoms with Crippen LogP contribution in [0.25, 0.3) is 0 Å². The Balaban J connectivity index is 1.92. The Kier molecular flexibility index (Phi) is 5.71. The van der Waals surface area contributed by atoms with Gasteiger partial charge in [-0.3, -0.25) is 4.57 Å². The zero-order valence-electron chi connectivity index (χ0n) is 14.3. The molecule has 0 saturated heterocycles. The van der Waals surface area contributed by atoms with Crippen LogP contribution in [0.3, 0.4) is 0 Å². The van der Waals surface area contributed by atoms with Crippen molar-refractivity contribution in [2.75, 3.05) is 0 Å². The first kappa shape index (κ1) is 18.8. The van der Waals surface area contributed by atoms with Crippen molar-refractivity contribution in [1.29, 1.82) is 0 Å². The molecule has 3 fully saturated rings. The van der Waals surface area contributed by atoms with E-state index >= 15 is 0 Å². The van der Waals surface area contributed by atoms with Crippen molar-refractivity contribution in [3.05, 3.63) is 0 Å². The second-order valence-electron chi connectivity index (χ2n) is 8.30. The first-order valence-corrected chi connectivity index (χ1v) is 11.3. The van der Waals surface area contributed by atoms with Gasteiger partial charge in [-0.2, -0.15) is 0 Å². The Morgan fingerprint density at radius 1 is 0.833 bits per heavy atom. The second-order valence-corrected chi connectivity index (χ2v) is 11.2. The molecule has 3 saturated carbocycles. The molecule has 0 aromatic carbocycles. The highest BCUT2D eigenvalue weighted by atomic mass is 31.2. The summed E-state index contributed by atoms with van der Waals surface area (Å²) in [5, 5.41) is -1.03. The van der Waals surface area contributed by atoms with Gasteiger partial charge in [-0.15, -0.1) is 0 Å². The lowest BCUT2D eigenvalue weighted by Gasteiger charge is -2.51. The molecule has 0 amide bonds. The zero-order chi connectivity index (χ0) is 17.4. The van der Waals surface area contributed by atoms with Gasteiger partial charge in [0.05, 0.1) is 5.16 Å². The highest BCUT2D eigenvalue weighted by Gasteiger charge is 2.58. The molecule has 6 heteroatoms. The third kappa shape index (κ3) is 3.45. The Bertz CT molecular complexity index is 489. The summed E-state index contributed by atoms with van der Waals surface area (Å²) in [6.45, 7) is 0. The second kappa shape index (κ2) is 7.31. The standard InChI is InChI=1S/C18H30F3O2P/c19-14-5-1-4-13(10-14)18(9-3-7-16(21)12-18)24(22,23)17-8-2-6-15(20)11-17/h13-17H,1-12H2,(H,22,23). The lowest BCUT2D eigenvalue weighted by Crippen LogP contribution is -2.47. The molecule has 0 aliphatic heterocycles. The molecule has 7 atom stereocenters. The minimum absolute atomic E-state index is 0.0611. The lowest BCUT2D eigenvalue weighted by molar-refractivity contribution is 0.104. The molecule has 2 nitrogen and oxygen atoms in total. The molecular weight excluding hydrogens is 336 g/mol. The molecule has 0 aromatic heterocycles. The van der Waals surface area contributed by atoms with Crippen LogP contribution in [0.4, 0.5) is 13.2 Å². The monoisotopic (exact) mass is 366 g/mol. The smallest absolute Gasteiger partial charge is 0.210 e. The molecule has 3 rings (SSSR count). The van der Waals surface area contributed by atoms with E-state index in [0.29, 0.717) is 57.8 Å². The van der Waals surface area contributed by atoms with Crippen LogP contribution in [0, 0.1) is 5.92 Å². The molecule has 3 aliphatic rings. The summed E-state index contributed by atoms with van der Waals surface area (Å²) in [5.74, 6) is -0.240. The maximum Gasteiger partial charge on any atom is 0.210 e.